The smallest absolute Gasteiger partial charge is 0.325 e. The van der Waals surface area contributed by atoms with Crippen molar-refractivity contribution < 1.29 is 22.8 Å². The van der Waals surface area contributed by atoms with E-state index in [2.05, 4.69) is 20.8 Å². The Morgan fingerprint density at radius 2 is 2.04 bits per heavy atom. The van der Waals surface area contributed by atoms with Crippen molar-refractivity contribution in [3.8, 4) is 0 Å². The molecular weight excluding hydrogens is 413 g/mol. The third kappa shape index (κ3) is 5.20. The van der Waals surface area contributed by atoms with Gasteiger partial charge >= 0.3 is 6.18 Å². The van der Waals surface area contributed by atoms with Crippen molar-refractivity contribution in [2.75, 3.05) is 5.32 Å². The summed E-state index contributed by atoms with van der Waals surface area (Å²) < 4.78 is 39.0. The highest BCUT2D eigenvalue weighted by atomic mass is 32.2. The summed E-state index contributed by atoms with van der Waals surface area (Å²) in [7, 11) is 0. The average molecular weight is 426 g/mol. The van der Waals surface area contributed by atoms with Gasteiger partial charge in [-0.1, -0.05) is 30.0 Å². The van der Waals surface area contributed by atoms with Gasteiger partial charge in [0.15, 0.2) is 5.17 Å². The zero-order valence-corrected chi connectivity index (χ0v) is 15.7. The molecule has 1 fully saturated rings. The fraction of sp³-hybridized carbons (Fsp3) is 0.176. The molecule has 1 aliphatic rings. The summed E-state index contributed by atoms with van der Waals surface area (Å²) >= 11 is 2.47. The molecule has 1 aromatic carbocycles. The number of thioether (sulfide) groups is 1. The molecule has 0 unspecified atom stereocenters. The Bertz CT molecular complexity index is 927. The summed E-state index contributed by atoms with van der Waals surface area (Å²) in [6.07, 6.45) is -3.36. The molecule has 1 saturated heterocycles. The number of amidine groups is 1. The molecule has 0 aliphatic carbocycles. The number of anilines is 1. The second kappa shape index (κ2) is 8.57. The Kier molecular flexibility index (Phi) is 6.15. The maximum Gasteiger partial charge on any atom is 0.418 e. The van der Waals surface area contributed by atoms with Crippen molar-refractivity contribution in [1.29, 1.82) is 0 Å². The van der Waals surface area contributed by atoms with E-state index < -0.39 is 28.8 Å². The van der Waals surface area contributed by atoms with E-state index in [1.165, 1.54) is 29.7 Å². The summed E-state index contributed by atoms with van der Waals surface area (Å²) in [4.78, 5) is 25.0. The predicted octanol–water partition coefficient (Wildman–Crippen LogP) is 3.72. The van der Waals surface area contributed by atoms with Crippen LogP contribution in [-0.4, -0.2) is 28.4 Å². The van der Waals surface area contributed by atoms with Gasteiger partial charge < -0.3 is 10.6 Å². The molecule has 3 rings (SSSR count). The number of nitrogens with zero attached hydrogens (tertiary/aromatic N) is 2. The number of thiophene rings is 1. The number of alkyl halides is 3. The third-order valence-electron chi connectivity index (χ3n) is 3.53. The molecule has 2 N–H and O–H groups in total. The molecule has 1 aromatic heterocycles. The van der Waals surface area contributed by atoms with Crippen LogP contribution in [0, 0.1) is 0 Å². The minimum Gasteiger partial charge on any atom is -0.325 e. The third-order valence-corrected chi connectivity index (χ3v) is 5.41. The van der Waals surface area contributed by atoms with Gasteiger partial charge in [-0.05, 0) is 23.6 Å². The maximum atomic E-state index is 13.0. The van der Waals surface area contributed by atoms with Gasteiger partial charge in [0, 0.05) is 11.3 Å². The molecule has 6 nitrogen and oxygen atoms in total. The van der Waals surface area contributed by atoms with Crippen molar-refractivity contribution in [1.82, 2.24) is 5.32 Å². The lowest BCUT2D eigenvalue weighted by atomic mass is 10.1. The number of carbonyl (C=O) groups is 2. The van der Waals surface area contributed by atoms with Crippen LogP contribution >= 0.6 is 23.1 Å². The van der Waals surface area contributed by atoms with Crippen LogP contribution in [0.5, 0.6) is 0 Å². The van der Waals surface area contributed by atoms with Crippen LogP contribution in [0.3, 0.4) is 0 Å². The largest absolute Gasteiger partial charge is 0.418 e. The van der Waals surface area contributed by atoms with E-state index in [-0.39, 0.29) is 17.3 Å². The van der Waals surface area contributed by atoms with Crippen molar-refractivity contribution in [2.45, 2.75) is 17.8 Å². The van der Waals surface area contributed by atoms with Crippen molar-refractivity contribution >= 4 is 52.0 Å². The molecule has 2 aromatic rings. The van der Waals surface area contributed by atoms with Crippen LogP contribution in [0.1, 0.15) is 16.9 Å². The van der Waals surface area contributed by atoms with E-state index in [1.54, 1.807) is 0 Å². The summed E-state index contributed by atoms with van der Waals surface area (Å²) in [6.45, 7) is 0. The fourth-order valence-electron chi connectivity index (χ4n) is 2.30. The molecule has 1 aliphatic heterocycles. The minimum absolute atomic E-state index is 0.228. The number of amides is 2. The van der Waals surface area contributed by atoms with E-state index >= 15 is 0 Å². The molecule has 0 bridgehead atoms. The van der Waals surface area contributed by atoms with Crippen LogP contribution in [-0.2, 0) is 15.8 Å². The maximum absolute atomic E-state index is 13.0. The number of halogens is 3. The first kappa shape index (κ1) is 20.1. The molecule has 146 valence electrons. The van der Waals surface area contributed by atoms with E-state index in [1.807, 2.05) is 17.5 Å². The zero-order valence-electron chi connectivity index (χ0n) is 14.1. The first-order valence-corrected chi connectivity index (χ1v) is 9.67. The predicted molar refractivity (Wildman–Crippen MR) is 104 cm³/mol. The fourth-order valence-corrected chi connectivity index (χ4v) is 3.80. The van der Waals surface area contributed by atoms with Crippen molar-refractivity contribution in [2.24, 2.45) is 10.2 Å². The van der Waals surface area contributed by atoms with Crippen LogP contribution < -0.4 is 10.6 Å². The van der Waals surface area contributed by atoms with Crippen LogP contribution in [0.4, 0.5) is 18.9 Å². The van der Waals surface area contributed by atoms with E-state index in [4.69, 9.17) is 0 Å². The van der Waals surface area contributed by atoms with Gasteiger partial charge in [-0.15, -0.1) is 16.4 Å². The number of hydrogen-bond acceptors (Lipinski definition) is 6. The second-order valence-corrected chi connectivity index (χ2v) is 7.73. The molecule has 1 atom stereocenters. The van der Waals surface area contributed by atoms with Gasteiger partial charge in [-0.25, -0.2) is 0 Å². The number of carbonyl (C=O) groups excluding carboxylic acids is 2. The molecule has 0 radical (unpaired) electrons. The summed E-state index contributed by atoms with van der Waals surface area (Å²) in [6, 6.07) is 8.37. The Balaban J connectivity index is 1.60. The molecule has 0 spiro atoms. The lowest BCUT2D eigenvalue weighted by molar-refractivity contribution is -0.137. The minimum atomic E-state index is -4.59. The highest BCUT2D eigenvalue weighted by molar-refractivity contribution is 8.15. The van der Waals surface area contributed by atoms with Gasteiger partial charge in [-0.2, -0.15) is 18.3 Å². The second-order valence-electron chi connectivity index (χ2n) is 5.56. The Labute approximate surface area is 165 Å². The summed E-state index contributed by atoms with van der Waals surface area (Å²) in [5.74, 6) is -1.15. The SMILES string of the molecule is O=C(C[C@H]1SC(=NN=Cc2cccs2)NC1=O)Nc1ccccc1C(F)(F)F. The molecule has 28 heavy (non-hydrogen) atoms. The number of hydrogen-bond donors (Lipinski definition) is 2. The Hall–Kier alpha value is -2.66. The van der Waals surface area contributed by atoms with Crippen LogP contribution in [0.2, 0.25) is 0 Å². The summed E-state index contributed by atoms with van der Waals surface area (Å²) in [5, 5.41) is 13.8. The van der Waals surface area contributed by atoms with Crippen molar-refractivity contribution in [3.05, 3.63) is 52.2 Å². The van der Waals surface area contributed by atoms with Crippen LogP contribution in [0.15, 0.2) is 52.0 Å². The Morgan fingerprint density at radius 1 is 1.25 bits per heavy atom. The van der Waals surface area contributed by atoms with Gasteiger partial charge in [-0.3, -0.25) is 9.59 Å². The van der Waals surface area contributed by atoms with E-state index in [0.717, 1.165) is 28.8 Å². The number of benzene rings is 1. The quantitative estimate of drug-likeness (QED) is 0.565. The molecule has 2 amide bonds. The molecular formula is C17H13F3N4O2S2. The number of nitrogens with one attached hydrogen (secondary N) is 2. The number of rotatable bonds is 5. The molecule has 11 heteroatoms. The summed E-state index contributed by atoms with van der Waals surface area (Å²) in [5.41, 5.74) is -1.30. The monoisotopic (exact) mass is 426 g/mol. The lowest BCUT2D eigenvalue weighted by Gasteiger charge is -2.14. The zero-order chi connectivity index (χ0) is 20.1. The Morgan fingerprint density at radius 3 is 2.75 bits per heavy atom. The molecule has 2 heterocycles. The van der Waals surface area contributed by atoms with E-state index in [0.29, 0.717) is 0 Å². The van der Waals surface area contributed by atoms with Crippen LogP contribution in [0.25, 0.3) is 0 Å². The normalized spacial score (nSPS) is 18.6. The van der Waals surface area contributed by atoms with Gasteiger partial charge in [0.05, 0.1) is 17.5 Å². The van der Waals surface area contributed by atoms with Gasteiger partial charge in [0.1, 0.15) is 5.25 Å². The number of para-hydroxylation sites is 1. The van der Waals surface area contributed by atoms with Gasteiger partial charge in [0.25, 0.3) is 0 Å². The van der Waals surface area contributed by atoms with E-state index in [9.17, 15) is 22.8 Å². The first-order chi connectivity index (χ1) is 13.3. The molecule has 0 saturated carbocycles. The van der Waals surface area contributed by atoms with Gasteiger partial charge in [0.2, 0.25) is 11.8 Å². The highest BCUT2D eigenvalue weighted by Gasteiger charge is 2.35. The highest BCUT2D eigenvalue weighted by Crippen LogP contribution is 2.34. The topological polar surface area (TPSA) is 82.9 Å². The van der Waals surface area contributed by atoms with Crippen molar-refractivity contribution in [3.63, 3.8) is 0 Å². The average Bonchev–Trinajstić information content (AvgIpc) is 3.25. The lowest BCUT2D eigenvalue weighted by Crippen LogP contribution is -2.28. The standard InChI is InChI=1S/C17H13F3N4O2S2/c18-17(19,20)11-5-1-2-6-12(11)22-14(25)8-13-15(26)23-16(28-13)24-21-9-10-4-3-7-27-10/h1-7,9,13H,8H2,(H,22,25)(H,23,24,26)/t13-/m1/s1. The first-order valence-electron chi connectivity index (χ1n) is 7.91.